The Hall–Kier alpha value is -0.290. The summed E-state index contributed by atoms with van der Waals surface area (Å²) in [5.41, 5.74) is 1.05. The summed E-state index contributed by atoms with van der Waals surface area (Å²) in [6, 6.07) is 9.95. The van der Waals surface area contributed by atoms with Crippen molar-refractivity contribution in [1.82, 2.24) is 10.2 Å². The average Bonchev–Trinajstić information content (AvgIpc) is 2.91. The molecule has 0 radical (unpaired) electrons. The lowest BCUT2D eigenvalue weighted by atomic mass is 10.0. The molecule has 1 aromatic heterocycles. The van der Waals surface area contributed by atoms with Crippen LogP contribution in [0.2, 0.25) is 14.4 Å². The van der Waals surface area contributed by atoms with Gasteiger partial charge in [0.25, 0.3) is 0 Å². The molecule has 1 aliphatic heterocycles. The van der Waals surface area contributed by atoms with Gasteiger partial charge in [0.1, 0.15) is 0 Å². The topological polar surface area (TPSA) is 15.3 Å². The monoisotopic (exact) mass is 360 g/mol. The maximum atomic E-state index is 6.46. The van der Waals surface area contributed by atoms with Gasteiger partial charge in [0.2, 0.25) is 0 Å². The molecule has 0 spiro atoms. The van der Waals surface area contributed by atoms with Crippen LogP contribution < -0.4 is 5.32 Å². The number of benzene rings is 1. The van der Waals surface area contributed by atoms with Crippen LogP contribution in [0.25, 0.3) is 0 Å². The largest absolute Gasteiger partial charge is 0.314 e. The first-order valence-corrected chi connectivity index (χ1v) is 8.76. The van der Waals surface area contributed by atoms with Crippen molar-refractivity contribution >= 4 is 46.1 Å². The second-order valence-electron chi connectivity index (χ2n) is 4.97. The van der Waals surface area contributed by atoms with Gasteiger partial charge < -0.3 is 5.32 Å². The van der Waals surface area contributed by atoms with Crippen molar-refractivity contribution in [2.24, 2.45) is 0 Å². The molecule has 3 rings (SSSR count). The second-order valence-corrected chi connectivity index (χ2v) is 7.51. The minimum atomic E-state index is 0.107. The normalized spacial score (nSPS) is 17.9. The molecule has 1 aliphatic rings. The number of nitrogens with zero attached hydrogens (tertiary/aromatic N) is 1. The first-order valence-electron chi connectivity index (χ1n) is 6.81. The van der Waals surface area contributed by atoms with Gasteiger partial charge in [-0.25, -0.2) is 0 Å². The quantitative estimate of drug-likeness (QED) is 0.852. The third-order valence-corrected chi connectivity index (χ3v) is 5.77. The highest BCUT2D eigenvalue weighted by Gasteiger charge is 2.27. The SMILES string of the molecule is Clc1ccc(C(c2cccc(Cl)c2Cl)N2CCNCC2)s1. The van der Waals surface area contributed by atoms with Crippen molar-refractivity contribution < 1.29 is 0 Å². The van der Waals surface area contributed by atoms with E-state index in [0.717, 1.165) is 36.1 Å². The van der Waals surface area contributed by atoms with Gasteiger partial charge in [-0.1, -0.05) is 46.9 Å². The smallest absolute Gasteiger partial charge is 0.0931 e. The summed E-state index contributed by atoms with van der Waals surface area (Å²) in [5, 5.41) is 4.61. The molecule has 2 aromatic rings. The zero-order valence-electron chi connectivity index (χ0n) is 11.3. The summed E-state index contributed by atoms with van der Waals surface area (Å²) < 4.78 is 0.795. The van der Waals surface area contributed by atoms with E-state index >= 15 is 0 Å². The molecule has 1 aromatic carbocycles. The number of piperazine rings is 1. The van der Waals surface area contributed by atoms with E-state index in [2.05, 4.69) is 22.3 Å². The summed E-state index contributed by atoms with van der Waals surface area (Å²) >= 11 is 20.4. The van der Waals surface area contributed by atoms with Crippen LogP contribution in [0.1, 0.15) is 16.5 Å². The number of nitrogens with one attached hydrogen (secondary N) is 1. The first kappa shape index (κ1) is 15.6. The Morgan fingerprint density at radius 1 is 1.05 bits per heavy atom. The third-order valence-electron chi connectivity index (χ3n) is 3.66. The van der Waals surface area contributed by atoms with E-state index in [1.165, 1.54) is 4.88 Å². The Kier molecular flexibility index (Phi) is 5.10. The van der Waals surface area contributed by atoms with Crippen LogP contribution in [0.3, 0.4) is 0 Å². The van der Waals surface area contributed by atoms with Crippen molar-refractivity contribution in [3.05, 3.63) is 55.2 Å². The van der Waals surface area contributed by atoms with Gasteiger partial charge in [-0.05, 0) is 23.8 Å². The van der Waals surface area contributed by atoms with E-state index in [4.69, 9.17) is 34.8 Å². The number of rotatable bonds is 3. The van der Waals surface area contributed by atoms with E-state index in [9.17, 15) is 0 Å². The number of hydrogen-bond donors (Lipinski definition) is 1. The van der Waals surface area contributed by atoms with Crippen molar-refractivity contribution in [1.29, 1.82) is 0 Å². The predicted molar refractivity (Wildman–Crippen MR) is 92.1 cm³/mol. The lowest BCUT2D eigenvalue weighted by Gasteiger charge is -2.35. The van der Waals surface area contributed by atoms with Gasteiger partial charge in [-0.2, -0.15) is 0 Å². The van der Waals surface area contributed by atoms with Gasteiger partial charge in [0, 0.05) is 31.1 Å². The Morgan fingerprint density at radius 3 is 2.48 bits per heavy atom. The molecule has 21 heavy (non-hydrogen) atoms. The minimum absolute atomic E-state index is 0.107. The van der Waals surface area contributed by atoms with Crippen LogP contribution in [0.15, 0.2) is 30.3 Å². The molecular formula is C15H15Cl3N2S. The molecule has 6 heteroatoms. The molecule has 1 atom stereocenters. The number of halogens is 3. The van der Waals surface area contributed by atoms with E-state index < -0.39 is 0 Å². The summed E-state index contributed by atoms with van der Waals surface area (Å²) in [6.07, 6.45) is 0. The molecule has 0 amide bonds. The van der Waals surface area contributed by atoms with Crippen molar-refractivity contribution in [2.45, 2.75) is 6.04 Å². The maximum Gasteiger partial charge on any atom is 0.0931 e. The maximum absolute atomic E-state index is 6.46. The molecule has 0 bridgehead atoms. The van der Waals surface area contributed by atoms with Gasteiger partial charge in [-0.3, -0.25) is 4.90 Å². The van der Waals surface area contributed by atoms with E-state index in [1.54, 1.807) is 11.3 Å². The molecule has 0 aliphatic carbocycles. The third kappa shape index (κ3) is 3.39. The molecule has 1 fully saturated rings. The van der Waals surface area contributed by atoms with E-state index in [-0.39, 0.29) is 6.04 Å². The fraction of sp³-hybridized carbons (Fsp3) is 0.333. The molecule has 1 N–H and O–H groups in total. The Morgan fingerprint density at radius 2 is 1.81 bits per heavy atom. The van der Waals surface area contributed by atoms with Crippen molar-refractivity contribution in [2.75, 3.05) is 26.2 Å². The van der Waals surface area contributed by atoms with E-state index in [1.807, 2.05) is 18.2 Å². The Balaban J connectivity index is 2.04. The molecule has 2 nitrogen and oxygen atoms in total. The number of thiophene rings is 1. The summed E-state index contributed by atoms with van der Waals surface area (Å²) in [5.74, 6) is 0. The second kappa shape index (κ2) is 6.86. The highest BCUT2D eigenvalue weighted by molar-refractivity contribution is 7.16. The Bertz CT molecular complexity index is 623. The molecule has 1 saturated heterocycles. The fourth-order valence-electron chi connectivity index (χ4n) is 2.68. The van der Waals surface area contributed by atoms with Crippen molar-refractivity contribution in [3.63, 3.8) is 0 Å². The van der Waals surface area contributed by atoms with Crippen LogP contribution in [0.5, 0.6) is 0 Å². The summed E-state index contributed by atoms with van der Waals surface area (Å²) in [6.45, 7) is 3.91. The van der Waals surface area contributed by atoms with Crippen LogP contribution in [-0.4, -0.2) is 31.1 Å². The van der Waals surface area contributed by atoms with Crippen LogP contribution >= 0.6 is 46.1 Å². The zero-order valence-corrected chi connectivity index (χ0v) is 14.4. The Labute approximate surface area is 143 Å². The van der Waals surface area contributed by atoms with Gasteiger partial charge in [0.15, 0.2) is 0 Å². The van der Waals surface area contributed by atoms with Crippen LogP contribution in [-0.2, 0) is 0 Å². The molecule has 1 unspecified atom stereocenters. The van der Waals surface area contributed by atoms with Crippen LogP contribution in [0.4, 0.5) is 0 Å². The lowest BCUT2D eigenvalue weighted by Crippen LogP contribution is -2.45. The van der Waals surface area contributed by atoms with Gasteiger partial charge >= 0.3 is 0 Å². The average molecular weight is 362 g/mol. The first-order chi connectivity index (χ1) is 10.2. The highest BCUT2D eigenvalue weighted by atomic mass is 35.5. The van der Waals surface area contributed by atoms with Crippen molar-refractivity contribution in [3.8, 4) is 0 Å². The molecule has 0 saturated carbocycles. The fourth-order valence-corrected chi connectivity index (χ4v) is 4.30. The van der Waals surface area contributed by atoms with Crippen LogP contribution in [0, 0.1) is 0 Å². The molecular weight excluding hydrogens is 347 g/mol. The highest BCUT2D eigenvalue weighted by Crippen LogP contribution is 2.40. The van der Waals surface area contributed by atoms with E-state index in [0.29, 0.717) is 10.0 Å². The number of hydrogen-bond acceptors (Lipinski definition) is 3. The lowest BCUT2D eigenvalue weighted by molar-refractivity contribution is 0.201. The molecule has 112 valence electrons. The minimum Gasteiger partial charge on any atom is -0.314 e. The standard InChI is InChI=1S/C15H15Cl3N2S/c16-11-3-1-2-10(14(11)18)15(12-4-5-13(17)21-12)20-8-6-19-7-9-20/h1-5,15,19H,6-9H2. The van der Waals surface area contributed by atoms with Gasteiger partial charge in [-0.15, -0.1) is 11.3 Å². The summed E-state index contributed by atoms with van der Waals surface area (Å²) in [4.78, 5) is 3.63. The zero-order chi connectivity index (χ0) is 14.8. The predicted octanol–water partition coefficient (Wildman–Crippen LogP) is 4.70. The summed E-state index contributed by atoms with van der Waals surface area (Å²) in [7, 11) is 0. The molecule has 2 heterocycles. The van der Waals surface area contributed by atoms with Gasteiger partial charge in [0.05, 0.1) is 20.4 Å².